The standard InChI is InChI=1S/C20H18N2O4/c1-25-18-10-13(6-7-16(18)19-11-21-12-26-19)22-9-8-15(20(22)24)14-4-2-3-5-17(14)23/h2-7,10-12,15,23H,8-9H2,1H3. The number of carbonyl (C=O) groups excluding carboxylic acids is 1. The van der Waals surface area contributed by atoms with Gasteiger partial charge < -0.3 is 19.2 Å². The van der Waals surface area contributed by atoms with Crippen molar-refractivity contribution in [3.63, 3.8) is 0 Å². The molecule has 6 nitrogen and oxygen atoms in total. The highest BCUT2D eigenvalue weighted by molar-refractivity contribution is 6.01. The molecule has 1 atom stereocenters. The number of carbonyl (C=O) groups is 1. The molecule has 1 N–H and O–H groups in total. The fourth-order valence-corrected chi connectivity index (χ4v) is 3.41. The summed E-state index contributed by atoms with van der Waals surface area (Å²) in [5.74, 6) is 1.01. The van der Waals surface area contributed by atoms with Gasteiger partial charge in [0.05, 0.1) is 24.8 Å². The number of phenolic OH excluding ortho intramolecular Hbond substituents is 1. The molecule has 0 spiro atoms. The summed E-state index contributed by atoms with van der Waals surface area (Å²) in [5.41, 5.74) is 2.20. The summed E-state index contributed by atoms with van der Waals surface area (Å²) in [6.07, 6.45) is 3.64. The minimum atomic E-state index is -0.337. The van der Waals surface area contributed by atoms with Crippen molar-refractivity contribution in [3.05, 3.63) is 60.6 Å². The Morgan fingerprint density at radius 1 is 1.27 bits per heavy atom. The van der Waals surface area contributed by atoms with E-state index in [2.05, 4.69) is 4.98 Å². The van der Waals surface area contributed by atoms with Crippen molar-refractivity contribution in [1.29, 1.82) is 0 Å². The topological polar surface area (TPSA) is 75.8 Å². The molecule has 1 unspecified atom stereocenters. The van der Waals surface area contributed by atoms with Crippen molar-refractivity contribution >= 4 is 11.6 Å². The molecule has 26 heavy (non-hydrogen) atoms. The minimum absolute atomic E-state index is 0.0269. The van der Waals surface area contributed by atoms with Gasteiger partial charge >= 0.3 is 0 Å². The van der Waals surface area contributed by atoms with Crippen LogP contribution >= 0.6 is 0 Å². The number of para-hydroxylation sites is 1. The third kappa shape index (κ3) is 2.69. The van der Waals surface area contributed by atoms with Crippen LogP contribution in [0.2, 0.25) is 0 Å². The van der Waals surface area contributed by atoms with Gasteiger partial charge in [0.25, 0.3) is 0 Å². The van der Waals surface area contributed by atoms with Crippen molar-refractivity contribution in [2.24, 2.45) is 0 Å². The quantitative estimate of drug-likeness (QED) is 0.778. The average Bonchev–Trinajstić information content (AvgIpc) is 3.32. The number of ether oxygens (including phenoxy) is 1. The highest BCUT2D eigenvalue weighted by Crippen LogP contribution is 2.39. The highest BCUT2D eigenvalue weighted by atomic mass is 16.5. The predicted octanol–water partition coefficient (Wildman–Crippen LogP) is 3.58. The fraction of sp³-hybridized carbons (Fsp3) is 0.200. The van der Waals surface area contributed by atoms with Gasteiger partial charge in [-0.05, 0) is 24.6 Å². The largest absolute Gasteiger partial charge is 0.508 e. The van der Waals surface area contributed by atoms with Gasteiger partial charge in [-0.2, -0.15) is 0 Å². The summed E-state index contributed by atoms with van der Waals surface area (Å²) < 4.78 is 10.8. The molecular weight excluding hydrogens is 332 g/mol. The lowest BCUT2D eigenvalue weighted by molar-refractivity contribution is -0.118. The first-order valence-corrected chi connectivity index (χ1v) is 8.35. The van der Waals surface area contributed by atoms with Crippen LogP contribution < -0.4 is 9.64 Å². The van der Waals surface area contributed by atoms with E-state index < -0.39 is 0 Å². The fourth-order valence-electron chi connectivity index (χ4n) is 3.41. The van der Waals surface area contributed by atoms with Crippen LogP contribution in [0.4, 0.5) is 5.69 Å². The number of nitrogens with zero attached hydrogens (tertiary/aromatic N) is 2. The van der Waals surface area contributed by atoms with E-state index in [1.807, 2.05) is 24.3 Å². The summed E-state index contributed by atoms with van der Waals surface area (Å²) in [4.78, 5) is 18.6. The van der Waals surface area contributed by atoms with Gasteiger partial charge in [-0.1, -0.05) is 18.2 Å². The lowest BCUT2D eigenvalue weighted by Crippen LogP contribution is -2.26. The first kappa shape index (κ1) is 16.2. The Bertz CT molecular complexity index is 937. The number of anilines is 1. The van der Waals surface area contributed by atoms with Crippen molar-refractivity contribution in [2.45, 2.75) is 12.3 Å². The highest BCUT2D eigenvalue weighted by Gasteiger charge is 2.35. The summed E-state index contributed by atoms with van der Waals surface area (Å²) in [7, 11) is 1.58. The number of hydrogen-bond donors (Lipinski definition) is 1. The average molecular weight is 350 g/mol. The van der Waals surface area contributed by atoms with Gasteiger partial charge in [0.15, 0.2) is 12.2 Å². The summed E-state index contributed by atoms with van der Waals surface area (Å²) in [6, 6.07) is 12.5. The zero-order chi connectivity index (χ0) is 18.1. The van der Waals surface area contributed by atoms with Gasteiger partial charge in [0.2, 0.25) is 5.91 Å². The Morgan fingerprint density at radius 2 is 2.12 bits per heavy atom. The molecule has 0 aliphatic carbocycles. The smallest absolute Gasteiger partial charge is 0.234 e. The number of phenols is 1. The maximum absolute atomic E-state index is 12.9. The van der Waals surface area contributed by atoms with Gasteiger partial charge in [-0.15, -0.1) is 0 Å². The van der Waals surface area contributed by atoms with E-state index in [4.69, 9.17) is 9.15 Å². The Hall–Kier alpha value is -3.28. The van der Waals surface area contributed by atoms with Gasteiger partial charge in [-0.25, -0.2) is 4.98 Å². The second-order valence-corrected chi connectivity index (χ2v) is 6.14. The molecule has 1 fully saturated rings. The molecule has 1 aromatic heterocycles. The van der Waals surface area contributed by atoms with Crippen LogP contribution in [0, 0.1) is 0 Å². The number of amides is 1. The predicted molar refractivity (Wildman–Crippen MR) is 96.3 cm³/mol. The molecule has 1 saturated heterocycles. The van der Waals surface area contributed by atoms with E-state index in [1.54, 1.807) is 36.4 Å². The molecular formula is C20H18N2O4. The molecule has 0 saturated carbocycles. The minimum Gasteiger partial charge on any atom is -0.508 e. The molecule has 1 amide bonds. The van der Waals surface area contributed by atoms with Gasteiger partial charge in [0.1, 0.15) is 11.5 Å². The Kier molecular flexibility index (Phi) is 4.08. The summed E-state index contributed by atoms with van der Waals surface area (Å²) in [5, 5.41) is 10.1. The van der Waals surface area contributed by atoms with Crippen molar-refractivity contribution in [1.82, 2.24) is 4.98 Å². The number of hydrogen-bond acceptors (Lipinski definition) is 5. The Labute approximate surface area is 150 Å². The third-order valence-electron chi connectivity index (χ3n) is 4.71. The van der Waals surface area contributed by atoms with E-state index >= 15 is 0 Å². The number of oxazole rings is 1. The lowest BCUT2D eigenvalue weighted by atomic mass is 9.97. The first-order chi connectivity index (χ1) is 12.7. The van der Waals surface area contributed by atoms with E-state index in [9.17, 15) is 9.90 Å². The van der Waals surface area contributed by atoms with Crippen molar-refractivity contribution < 1.29 is 19.1 Å². The van der Waals surface area contributed by atoms with Gasteiger partial charge in [0, 0.05) is 23.9 Å². The number of benzene rings is 2. The molecule has 132 valence electrons. The second kappa shape index (κ2) is 6.55. The van der Waals surface area contributed by atoms with Crippen LogP contribution in [0.1, 0.15) is 17.9 Å². The van der Waals surface area contributed by atoms with Crippen LogP contribution in [0.15, 0.2) is 59.5 Å². The SMILES string of the molecule is COc1cc(N2CCC(c3ccccc3O)C2=O)ccc1-c1cnco1. The lowest BCUT2D eigenvalue weighted by Gasteiger charge is -2.19. The molecule has 3 aromatic rings. The Balaban J connectivity index is 1.64. The molecule has 1 aliphatic rings. The molecule has 1 aliphatic heterocycles. The molecule has 2 aromatic carbocycles. The van der Waals surface area contributed by atoms with Crippen molar-refractivity contribution in [3.8, 4) is 22.8 Å². The monoisotopic (exact) mass is 350 g/mol. The molecule has 6 heteroatoms. The van der Waals surface area contributed by atoms with Crippen LogP contribution in [-0.2, 0) is 4.79 Å². The molecule has 0 radical (unpaired) electrons. The van der Waals surface area contributed by atoms with Crippen LogP contribution in [0.25, 0.3) is 11.3 Å². The number of aromatic hydroxyl groups is 1. The van der Waals surface area contributed by atoms with E-state index in [1.165, 1.54) is 6.39 Å². The Morgan fingerprint density at radius 3 is 2.85 bits per heavy atom. The molecule has 2 heterocycles. The van der Waals surface area contributed by atoms with E-state index in [-0.39, 0.29) is 17.6 Å². The molecule has 4 rings (SSSR count). The first-order valence-electron chi connectivity index (χ1n) is 8.35. The van der Waals surface area contributed by atoms with Crippen LogP contribution in [0.3, 0.4) is 0 Å². The third-order valence-corrected chi connectivity index (χ3v) is 4.71. The zero-order valence-corrected chi connectivity index (χ0v) is 14.3. The summed E-state index contributed by atoms with van der Waals surface area (Å²) >= 11 is 0. The number of methoxy groups -OCH3 is 1. The van der Waals surface area contributed by atoms with E-state index in [0.717, 1.165) is 11.3 Å². The maximum atomic E-state index is 12.9. The number of aromatic nitrogens is 1. The molecule has 0 bridgehead atoms. The zero-order valence-electron chi connectivity index (χ0n) is 14.3. The summed E-state index contributed by atoms with van der Waals surface area (Å²) in [6.45, 7) is 0.586. The normalized spacial score (nSPS) is 16.9. The van der Waals surface area contributed by atoms with Crippen LogP contribution in [0.5, 0.6) is 11.5 Å². The van der Waals surface area contributed by atoms with Crippen molar-refractivity contribution in [2.75, 3.05) is 18.6 Å². The number of rotatable bonds is 4. The van der Waals surface area contributed by atoms with Crippen LogP contribution in [-0.4, -0.2) is 29.7 Å². The second-order valence-electron chi connectivity index (χ2n) is 6.14. The maximum Gasteiger partial charge on any atom is 0.234 e. The van der Waals surface area contributed by atoms with E-state index in [0.29, 0.717) is 30.0 Å². The van der Waals surface area contributed by atoms with Gasteiger partial charge in [-0.3, -0.25) is 4.79 Å².